The molecule has 1 aliphatic rings. The number of benzene rings is 2. The number of rotatable bonds is 8. The van der Waals surface area contributed by atoms with E-state index in [4.69, 9.17) is 4.74 Å². The molecule has 0 atom stereocenters. The summed E-state index contributed by atoms with van der Waals surface area (Å²) in [6.45, 7) is 3.17. The van der Waals surface area contributed by atoms with Crippen LogP contribution in [0.4, 0.5) is 18.0 Å². The van der Waals surface area contributed by atoms with Crippen LogP contribution in [0.5, 0.6) is 17.2 Å². The molecule has 1 heterocycles. The number of likely N-dealkylation sites (N-methyl/N-ethyl adjacent to an activating group) is 1. The standard InChI is InChI=1S/C22H22F3N3O5S/c1-21(2)19(29)28(20(30)27(21)3)12-14(26-31)13-34-18-10-8-16(9-11-18)32-15-4-6-17(7-5-15)33-22(23,24)25/h4-11,31H,12-13H2,1-3H3/b26-14+. The van der Waals surface area contributed by atoms with Gasteiger partial charge in [-0.05, 0) is 62.4 Å². The lowest BCUT2D eigenvalue weighted by molar-refractivity contribution is -0.274. The first-order valence-corrected chi connectivity index (χ1v) is 11.0. The Kier molecular flexibility index (Phi) is 7.29. The van der Waals surface area contributed by atoms with E-state index in [0.717, 1.165) is 21.9 Å². The van der Waals surface area contributed by atoms with Crippen molar-refractivity contribution in [2.75, 3.05) is 19.3 Å². The van der Waals surface area contributed by atoms with E-state index in [1.54, 1.807) is 45.2 Å². The van der Waals surface area contributed by atoms with Gasteiger partial charge in [-0.15, -0.1) is 24.9 Å². The Morgan fingerprint density at radius 1 is 1.03 bits per heavy atom. The molecule has 3 rings (SSSR count). The minimum atomic E-state index is -4.76. The quantitative estimate of drug-likeness (QED) is 0.182. The average molecular weight is 497 g/mol. The summed E-state index contributed by atoms with van der Waals surface area (Å²) < 4.78 is 46.1. The molecule has 0 saturated carbocycles. The molecule has 2 aromatic carbocycles. The number of ether oxygens (including phenoxy) is 2. The third kappa shape index (κ3) is 5.93. The van der Waals surface area contributed by atoms with Crippen LogP contribution in [0, 0.1) is 0 Å². The number of carbonyl (C=O) groups excluding carboxylic acids is 2. The zero-order valence-corrected chi connectivity index (χ0v) is 19.3. The van der Waals surface area contributed by atoms with Crippen molar-refractivity contribution < 1.29 is 37.4 Å². The molecule has 0 spiro atoms. The van der Waals surface area contributed by atoms with Crippen LogP contribution in [-0.4, -0.2) is 63.9 Å². The Balaban J connectivity index is 1.54. The number of imide groups is 1. The van der Waals surface area contributed by atoms with E-state index in [2.05, 4.69) is 9.89 Å². The number of hydrogen-bond acceptors (Lipinski definition) is 7. The van der Waals surface area contributed by atoms with Crippen LogP contribution in [0.2, 0.25) is 0 Å². The van der Waals surface area contributed by atoms with Gasteiger partial charge in [-0.25, -0.2) is 4.79 Å². The topological polar surface area (TPSA) is 91.7 Å². The maximum absolute atomic E-state index is 12.5. The SMILES string of the molecule is CN1C(=O)N(C/C(CSc2ccc(Oc3ccc(OC(F)(F)F)cc3)cc2)=N\O)C(=O)C1(C)C. The van der Waals surface area contributed by atoms with Gasteiger partial charge in [0.05, 0.1) is 12.3 Å². The first-order chi connectivity index (χ1) is 15.9. The summed E-state index contributed by atoms with van der Waals surface area (Å²) in [6.07, 6.45) is -4.76. The summed E-state index contributed by atoms with van der Waals surface area (Å²) in [7, 11) is 1.54. The van der Waals surface area contributed by atoms with Gasteiger partial charge in [0.1, 0.15) is 22.8 Å². The first-order valence-electron chi connectivity index (χ1n) is 9.97. The molecule has 1 N–H and O–H groups in total. The third-order valence-corrected chi connectivity index (χ3v) is 6.21. The monoisotopic (exact) mass is 497 g/mol. The molecule has 3 amide bonds. The van der Waals surface area contributed by atoms with E-state index < -0.39 is 17.9 Å². The number of carbonyl (C=O) groups is 2. The van der Waals surface area contributed by atoms with Gasteiger partial charge >= 0.3 is 12.4 Å². The van der Waals surface area contributed by atoms with Crippen LogP contribution < -0.4 is 9.47 Å². The van der Waals surface area contributed by atoms with Crippen molar-refractivity contribution >= 4 is 29.4 Å². The Hall–Kier alpha value is -3.41. The summed E-state index contributed by atoms with van der Waals surface area (Å²) in [6, 6.07) is 11.4. The van der Waals surface area contributed by atoms with Gasteiger partial charge in [0.25, 0.3) is 5.91 Å². The molecule has 2 aromatic rings. The fourth-order valence-corrected chi connectivity index (χ4v) is 3.84. The number of alkyl halides is 3. The van der Waals surface area contributed by atoms with E-state index in [9.17, 15) is 28.0 Å². The van der Waals surface area contributed by atoms with Crippen molar-refractivity contribution in [2.45, 2.75) is 30.6 Å². The molecule has 1 saturated heterocycles. The molecule has 1 aliphatic heterocycles. The Bertz CT molecular complexity index is 1070. The number of nitrogens with zero attached hydrogens (tertiary/aromatic N) is 3. The first kappa shape index (κ1) is 25.2. The molecule has 8 nitrogen and oxygen atoms in total. The number of halogens is 3. The van der Waals surface area contributed by atoms with Crippen molar-refractivity contribution in [1.29, 1.82) is 0 Å². The second-order valence-corrected chi connectivity index (χ2v) is 8.89. The van der Waals surface area contributed by atoms with Crippen molar-refractivity contribution in [1.82, 2.24) is 9.80 Å². The number of hydrogen-bond donors (Lipinski definition) is 1. The number of thioether (sulfide) groups is 1. The van der Waals surface area contributed by atoms with Gasteiger partial charge < -0.3 is 19.6 Å². The Morgan fingerprint density at radius 3 is 2.03 bits per heavy atom. The van der Waals surface area contributed by atoms with Crippen molar-refractivity contribution in [3.63, 3.8) is 0 Å². The highest BCUT2D eigenvalue weighted by Crippen LogP contribution is 2.29. The summed E-state index contributed by atoms with van der Waals surface area (Å²) in [5.41, 5.74) is -0.717. The number of oxime groups is 1. The molecule has 0 radical (unpaired) electrons. The summed E-state index contributed by atoms with van der Waals surface area (Å²) in [5.74, 6) is 0.311. The molecule has 0 aromatic heterocycles. The lowest BCUT2D eigenvalue weighted by Gasteiger charge is -2.22. The molecule has 0 bridgehead atoms. The van der Waals surface area contributed by atoms with Crippen LogP contribution in [0.1, 0.15) is 13.8 Å². The second-order valence-electron chi connectivity index (χ2n) is 7.84. The van der Waals surface area contributed by atoms with Gasteiger partial charge in [0.2, 0.25) is 0 Å². The molecule has 1 fully saturated rings. The van der Waals surface area contributed by atoms with Crippen LogP contribution in [-0.2, 0) is 4.79 Å². The number of amides is 3. The van der Waals surface area contributed by atoms with E-state index in [1.165, 1.54) is 28.8 Å². The highest BCUT2D eigenvalue weighted by atomic mass is 32.2. The molecule has 12 heteroatoms. The predicted molar refractivity (Wildman–Crippen MR) is 119 cm³/mol. The largest absolute Gasteiger partial charge is 0.573 e. The van der Waals surface area contributed by atoms with Crippen LogP contribution >= 0.6 is 11.8 Å². The van der Waals surface area contributed by atoms with Crippen molar-refractivity contribution in [2.24, 2.45) is 5.16 Å². The normalized spacial score (nSPS) is 16.2. The number of urea groups is 1. The minimum absolute atomic E-state index is 0.121. The van der Waals surface area contributed by atoms with E-state index >= 15 is 0 Å². The fraction of sp³-hybridized carbons (Fsp3) is 0.318. The summed E-state index contributed by atoms with van der Waals surface area (Å²) in [5, 5.41) is 12.6. The molecular formula is C22H22F3N3O5S. The lowest BCUT2D eigenvalue weighted by atomic mass is 10.1. The van der Waals surface area contributed by atoms with Gasteiger partial charge in [-0.2, -0.15) is 0 Å². The maximum Gasteiger partial charge on any atom is 0.573 e. The van der Waals surface area contributed by atoms with Gasteiger partial charge in [-0.1, -0.05) is 5.16 Å². The lowest BCUT2D eigenvalue weighted by Crippen LogP contribution is -2.42. The van der Waals surface area contributed by atoms with E-state index in [0.29, 0.717) is 11.5 Å². The highest BCUT2D eigenvalue weighted by molar-refractivity contribution is 8.00. The molecule has 0 aliphatic carbocycles. The van der Waals surface area contributed by atoms with Gasteiger partial charge in [0.15, 0.2) is 0 Å². The zero-order chi connectivity index (χ0) is 25.1. The predicted octanol–water partition coefficient (Wildman–Crippen LogP) is 4.97. The molecule has 182 valence electrons. The molecule has 34 heavy (non-hydrogen) atoms. The van der Waals surface area contributed by atoms with Crippen LogP contribution in [0.25, 0.3) is 0 Å². The van der Waals surface area contributed by atoms with Crippen molar-refractivity contribution in [3.8, 4) is 17.2 Å². The zero-order valence-electron chi connectivity index (χ0n) is 18.5. The summed E-state index contributed by atoms with van der Waals surface area (Å²) in [4.78, 5) is 28.0. The summed E-state index contributed by atoms with van der Waals surface area (Å²) >= 11 is 1.33. The molecular weight excluding hydrogens is 475 g/mol. The smallest absolute Gasteiger partial charge is 0.457 e. The Morgan fingerprint density at radius 2 is 1.56 bits per heavy atom. The van der Waals surface area contributed by atoms with E-state index in [-0.39, 0.29) is 29.7 Å². The van der Waals surface area contributed by atoms with Gasteiger partial charge in [-0.3, -0.25) is 9.69 Å². The average Bonchev–Trinajstić information content (AvgIpc) is 2.92. The second kappa shape index (κ2) is 9.84. The third-order valence-electron chi connectivity index (χ3n) is 5.13. The van der Waals surface area contributed by atoms with E-state index in [1.807, 2.05) is 0 Å². The van der Waals surface area contributed by atoms with Gasteiger partial charge in [0, 0.05) is 17.7 Å². The van der Waals surface area contributed by atoms with Crippen LogP contribution in [0.3, 0.4) is 0 Å². The van der Waals surface area contributed by atoms with Crippen molar-refractivity contribution in [3.05, 3.63) is 48.5 Å². The maximum atomic E-state index is 12.5. The minimum Gasteiger partial charge on any atom is -0.457 e. The Labute approximate surface area is 197 Å². The fourth-order valence-electron chi connectivity index (χ4n) is 3.02. The van der Waals surface area contributed by atoms with Crippen LogP contribution in [0.15, 0.2) is 58.6 Å². The molecule has 0 unspecified atom stereocenters. The highest BCUT2D eigenvalue weighted by Gasteiger charge is 2.49.